The van der Waals surface area contributed by atoms with Crippen LogP contribution in [-0.4, -0.2) is 0 Å². The quantitative estimate of drug-likeness (QED) is 0.167. The van der Waals surface area contributed by atoms with Crippen LogP contribution in [-0.2, 0) is 10.8 Å². The molecule has 1 heterocycles. The molecule has 0 radical (unpaired) electrons. The van der Waals surface area contributed by atoms with E-state index in [2.05, 4.69) is 163 Å². The Morgan fingerprint density at radius 2 is 1.38 bits per heavy atom. The van der Waals surface area contributed by atoms with Gasteiger partial charge in [-0.1, -0.05) is 127 Å². The van der Waals surface area contributed by atoms with Crippen molar-refractivity contribution in [3.05, 3.63) is 148 Å². The SMILES string of the molecule is CCCCC1C(N(c2ccc(C)cc2C)c2cccc3c2oc2ccccc23)=CC2=C(c3cc4c(cc3C2(C)C)-c2ccccc2C4(C)C)C1CC. The molecule has 2 heteroatoms. The van der Waals surface area contributed by atoms with Gasteiger partial charge in [-0.2, -0.15) is 0 Å². The molecule has 2 nitrogen and oxygen atoms in total. The molecular formula is C50H51NO. The van der Waals surface area contributed by atoms with Crippen LogP contribution in [0.25, 0.3) is 38.6 Å². The third kappa shape index (κ3) is 4.62. The van der Waals surface area contributed by atoms with Crippen LogP contribution < -0.4 is 4.90 Å². The van der Waals surface area contributed by atoms with Crippen molar-refractivity contribution in [2.45, 2.75) is 91.9 Å². The molecule has 9 rings (SSSR count). The third-order valence-corrected chi connectivity index (χ3v) is 13.0. The average molecular weight is 682 g/mol. The topological polar surface area (TPSA) is 16.4 Å². The van der Waals surface area contributed by atoms with Gasteiger partial charge in [-0.15, -0.1) is 0 Å². The summed E-state index contributed by atoms with van der Waals surface area (Å²) in [7, 11) is 0. The number of aryl methyl sites for hydroxylation is 2. The number of furan rings is 1. The van der Waals surface area contributed by atoms with Crippen molar-refractivity contribution in [3.63, 3.8) is 0 Å². The second-order valence-electron chi connectivity index (χ2n) is 16.8. The largest absolute Gasteiger partial charge is 0.454 e. The minimum Gasteiger partial charge on any atom is -0.454 e. The molecule has 0 amide bonds. The number of benzene rings is 5. The summed E-state index contributed by atoms with van der Waals surface area (Å²) < 4.78 is 6.80. The predicted molar refractivity (Wildman–Crippen MR) is 221 cm³/mol. The maximum Gasteiger partial charge on any atom is 0.159 e. The van der Waals surface area contributed by atoms with Gasteiger partial charge < -0.3 is 9.32 Å². The highest BCUT2D eigenvalue weighted by molar-refractivity contribution is 6.10. The molecule has 1 aromatic heterocycles. The molecule has 5 aromatic carbocycles. The van der Waals surface area contributed by atoms with E-state index in [-0.39, 0.29) is 10.8 Å². The summed E-state index contributed by atoms with van der Waals surface area (Å²) in [4.78, 5) is 2.60. The van der Waals surface area contributed by atoms with Crippen LogP contribution in [0.1, 0.15) is 101 Å². The maximum atomic E-state index is 6.80. The van der Waals surface area contributed by atoms with Gasteiger partial charge in [-0.25, -0.2) is 0 Å². The van der Waals surface area contributed by atoms with E-state index in [9.17, 15) is 0 Å². The molecule has 3 aliphatic rings. The van der Waals surface area contributed by atoms with Crippen LogP contribution in [0.15, 0.2) is 119 Å². The van der Waals surface area contributed by atoms with E-state index in [4.69, 9.17) is 4.42 Å². The van der Waals surface area contributed by atoms with Crippen LogP contribution >= 0.6 is 0 Å². The van der Waals surface area contributed by atoms with Crippen molar-refractivity contribution in [1.82, 2.24) is 0 Å². The Bertz CT molecular complexity index is 2480. The van der Waals surface area contributed by atoms with Gasteiger partial charge in [0, 0.05) is 38.9 Å². The van der Waals surface area contributed by atoms with Crippen LogP contribution in [0.2, 0.25) is 0 Å². The Kier molecular flexibility index (Phi) is 7.53. The Morgan fingerprint density at radius 1 is 0.654 bits per heavy atom. The first-order valence-electron chi connectivity index (χ1n) is 19.6. The molecular weight excluding hydrogens is 631 g/mol. The highest BCUT2D eigenvalue weighted by Gasteiger charge is 2.48. The molecule has 6 aromatic rings. The second kappa shape index (κ2) is 11.9. The Labute approximate surface area is 309 Å². The number of fused-ring (bicyclic) bond motifs is 8. The van der Waals surface area contributed by atoms with E-state index < -0.39 is 0 Å². The highest BCUT2D eigenvalue weighted by atomic mass is 16.3. The maximum absolute atomic E-state index is 6.80. The van der Waals surface area contributed by atoms with Crippen LogP contribution in [0.5, 0.6) is 0 Å². The fourth-order valence-corrected chi connectivity index (χ4v) is 10.3. The van der Waals surface area contributed by atoms with Gasteiger partial charge >= 0.3 is 0 Å². The smallest absolute Gasteiger partial charge is 0.159 e. The first-order valence-corrected chi connectivity index (χ1v) is 19.6. The molecule has 2 atom stereocenters. The number of hydrogen-bond acceptors (Lipinski definition) is 2. The van der Waals surface area contributed by atoms with Crippen molar-refractivity contribution in [2.24, 2.45) is 11.8 Å². The van der Waals surface area contributed by atoms with E-state index >= 15 is 0 Å². The van der Waals surface area contributed by atoms with Crippen molar-refractivity contribution in [2.75, 3.05) is 4.90 Å². The number of nitrogens with zero attached hydrogens (tertiary/aromatic N) is 1. The van der Waals surface area contributed by atoms with Gasteiger partial charge in [0.05, 0.1) is 5.69 Å². The van der Waals surface area contributed by atoms with Crippen molar-refractivity contribution >= 4 is 38.9 Å². The molecule has 262 valence electrons. The number of para-hydroxylation sites is 2. The second-order valence-corrected chi connectivity index (χ2v) is 16.8. The van der Waals surface area contributed by atoms with Crippen molar-refractivity contribution in [1.29, 1.82) is 0 Å². The van der Waals surface area contributed by atoms with Crippen LogP contribution in [0.4, 0.5) is 11.4 Å². The van der Waals surface area contributed by atoms with Crippen molar-refractivity contribution < 1.29 is 4.42 Å². The van der Waals surface area contributed by atoms with Gasteiger partial charge in [0.25, 0.3) is 0 Å². The Morgan fingerprint density at radius 3 is 2.17 bits per heavy atom. The van der Waals surface area contributed by atoms with Gasteiger partial charge in [0.15, 0.2) is 5.58 Å². The lowest BCUT2D eigenvalue weighted by atomic mass is 9.70. The highest BCUT2D eigenvalue weighted by Crippen LogP contribution is 2.60. The number of hydrogen-bond donors (Lipinski definition) is 0. The zero-order chi connectivity index (χ0) is 36.1. The third-order valence-electron chi connectivity index (χ3n) is 13.0. The summed E-state index contributed by atoms with van der Waals surface area (Å²) in [5, 5.41) is 2.34. The summed E-state index contributed by atoms with van der Waals surface area (Å²) in [5.41, 5.74) is 19.8. The van der Waals surface area contributed by atoms with Gasteiger partial charge in [0.2, 0.25) is 0 Å². The summed E-state index contributed by atoms with van der Waals surface area (Å²) in [6.07, 6.45) is 7.24. The molecule has 0 bridgehead atoms. The predicted octanol–water partition coefficient (Wildman–Crippen LogP) is 14.1. The number of allylic oxidation sites excluding steroid dienone is 4. The molecule has 0 saturated heterocycles. The number of unbranched alkanes of at least 4 members (excludes halogenated alkanes) is 1. The fourth-order valence-electron chi connectivity index (χ4n) is 10.3. The molecule has 3 aliphatic carbocycles. The molecule has 52 heavy (non-hydrogen) atoms. The molecule has 0 spiro atoms. The van der Waals surface area contributed by atoms with E-state index in [0.717, 1.165) is 29.7 Å². The van der Waals surface area contributed by atoms with Gasteiger partial charge in [-0.3, -0.25) is 0 Å². The number of anilines is 2. The zero-order valence-corrected chi connectivity index (χ0v) is 32.2. The first kappa shape index (κ1) is 33.0. The first-order chi connectivity index (χ1) is 25.1. The molecule has 0 aliphatic heterocycles. The fraction of sp³-hybridized carbons (Fsp3) is 0.320. The summed E-state index contributed by atoms with van der Waals surface area (Å²) >= 11 is 0. The summed E-state index contributed by atoms with van der Waals surface area (Å²) in [6, 6.07) is 36.4. The lowest BCUT2D eigenvalue weighted by Gasteiger charge is -2.42. The average Bonchev–Trinajstić information content (AvgIpc) is 3.71. The lowest BCUT2D eigenvalue weighted by molar-refractivity contribution is 0.400. The molecule has 0 saturated carbocycles. The van der Waals surface area contributed by atoms with Crippen molar-refractivity contribution in [3.8, 4) is 11.1 Å². The molecule has 2 unspecified atom stereocenters. The summed E-state index contributed by atoms with van der Waals surface area (Å²) in [5.74, 6) is 0.749. The van der Waals surface area contributed by atoms with E-state index in [1.165, 1.54) is 85.1 Å². The van der Waals surface area contributed by atoms with Crippen LogP contribution in [0, 0.1) is 25.7 Å². The van der Waals surface area contributed by atoms with E-state index in [0.29, 0.717) is 11.8 Å². The zero-order valence-electron chi connectivity index (χ0n) is 32.2. The standard InChI is InChI=1S/C50H51NO/c1-9-11-17-34-32(10-2)47-38-28-40-37(33-18-12-14-21-39(33)49(40,5)6)27-41(38)50(7,8)42(47)29-45(34)51(43-25-24-30(3)26-31(43)4)44-22-16-20-36-35-19-13-15-23-46(35)52-48(36)44/h12-16,18-29,32,34H,9-11,17H2,1-8H3. The number of rotatable bonds is 7. The summed E-state index contributed by atoms with van der Waals surface area (Å²) in [6.45, 7) is 19.0. The molecule has 0 fully saturated rings. The van der Waals surface area contributed by atoms with E-state index in [1.807, 2.05) is 0 Å². The van der Waals surface area contributed by atoms with Crippen LogP contribution in [0.3, 0.4) is 0 Å². The van der Waals surface area contributed by atoms with E-state index in [1.54, 1.807) is 5.57 Å². The van der Waals surface area contributed by atoms with Gasteiger partial charge in [-0.05, 0) is 119 Å². The minimum atomic E-state index is -0.144. The minimum absolute atomic E-state index is 0.0293. The lowest BCUT2D eigenvalue weighted by Crippen LogP contribution is -2.32. The van der Waals surface area contributed by atoms with Gasteiger partial charge in [0.1, 0.15) is 5.58 Å². The Hall–Kier alpha value is -4.82. The normalized spacial score (nSPS) is 19.4. The Balaban J connectivity index is 1.32. The molecule has 0 N–H and O–H groups in total. The monoisotopic (exact) mass is 681 g/mol.